The van der Waals surface area contributed by atoms with Crippen LogP contribution in [0.15, 0.2) is 24.3 Å². The van der Waals surface area contributed by atoms with Crippen molar-refractivity contribution in [1.29, 1.82) is 0 Å². The summed E-state index contributed by atoms with van der Waals surface area (Å²) in [6.45, 7) is 8.69. The lowest BCUT2D eigenvalue weighted by molar-refractivity contribution is 0.199. The number of nitrogens with zero attached hydrogens (tertiary/aromatic N) is 1. The van der Waals surface area contributed by atoms with E-state index in [9.17, 15) is 5.11 Å². The third-order valence-corrected chi connectivity index (χ3v) is 4.67. The average molecular weight is 247 g/mol. The van der Waals surface area contributed by atoms with Crippen LogP contribution >= 0.6 is 0 Å². The van der Waals surface area contributed by atoms with Crippen molar-refractivity contribution < 1.29 is 5.11 Å². The standard InChI is InChI=1S/C16H25NO/c1-4-16(5-2)10-11-17(12-16)15-9-7-6-8-14(15)13(3)18/h6-9,13,18H,4-5,10-12H2,1-3H3/t13-/m1/s1. The molecule has 1 heterocycles. The molecular formula is C16H25NO. The fraction of sp³-hybridized carbons (Fsp3) is 0.625. The van der Waals surface area contributed by atoms with Crippen molar-refractivity contribution >= 4 is 5.69 Å². The summed E-state index contributed by atoms with van der Waals surface area (Å²) in [4.78, 5) is 2.45. The number of aliphatic hydroxyl groups is 1. The van der Waals surface area contributed by atoms with E-state index in [0.717, 1.165) is 18.7 Å². The molecule has 0 aliphatic carbocycles. The molecule has 100 valence electrons. The fourth-order valence-corrected chi connectivity index (χ4v) is 3.10. The van der Waals surface area contributed by atoms with E-state index in [4.69, 9.17) is 0 Å². The van der Waals surface area contributed by atoms with Crippen molar-refractivity contribution in [3.8, 4) is 0 Å². The molecule has 0 radical (unpaired) electrons. The van der Waals surface area contributed by atoms with Gasteiger partial charge in [-0.05, 0) is 37.7 Å². The van der Waals surface area contributed by atoms with E-state index in [1.54, 1.807) is 0 Å². The first-order chi connectivity index (χ1) is 8.62. The smallest absolute Gasteiger partial charge is 0.0781 e. The Labute approximate surface area is 111 Å². The first-order valence-corrected chi connectivity index (χ1v) is 7.14. The topological polar surface area (TPSA) is 23.5 Å². The molecule has 0 spiro atoms. The van der Waals surface area contributed by atoms with Crippen LogP contribution in [0.25, 0.3) is 0 Å². The minimum absolute atomic E-state index is 0.389. The summed E-state index contributed by atoms with van der Waals surface area (Å²) in [6.07, 6.45) is 3.38. The maximum absolute atomic E-state index is 9.88. The van der Waals surface area contributed by atoms with Crippen LogP contribution in [0.4, 0.5) is 5.69 Å². The van der Waals surface area contributed by atoms with Gasteiger partial charge < -0.3 is 10.0 Å². The van der Waals surface area contributed by atoms with Crippen LogP contribution in [0.5, 0.6) is 0 Å². The second-order valence-electron chi connectivity index (χ2n) is 5.61. The first-order valence-electron chi connectivity index (χ1n) is 7.14. The monoisotopic (exact) mass is 247 g/mol. The van der Waals surface area contributed by atoms with Gasteiger partial charge in [0.05, 0.1) is 6.10 Å². The summed E-state index contributed by atoms with van der Waals surface area (Å²) in [5.74, 6) is 0. The van der Waals surface area contributed by atoms with Gasteiger partial charge in [0.15, 0.2) is 0 Å². The molecule has 1 atom stereocenters. The minimum Gasteiger partial charge on any atom is -0.389 e. The summed E-state index contributed by atoms with van der Waals surface area (Å²) >= 11 is 0. The molecule has 18 heavy (non-hydrogen) atoms. The molecule has 1 aliphatic heterocycles. The zero-order valence-corrected chi connectivity index (χ0v) is 11.8. The Morgan fingerprint density at radius 1 is 1.28 bits per heavy atom. The van der Waals surface area contributed by atoms with Crippen LogP contribution in [-0.2, 0) is 0 Å². The van der Waals surface area contributed by atoms with Gasteiger partial charge in [0.2, 0.25) is 0 Å². The van der Waals surface area contributed by atoms with E-state index in [1.807, 2.05) is 19.1 Å². The molecule has 0 amide bonds. The molecule has 1 N–H and O–H groups in total. The number of para-hydroxylation sites is 1. The molecule has 0 bridgehead atoms. The van der Waals surface area contributed by atoms with Crippen molar-refractivity contribution in [3.63, 3.8) is 0 Å². The number of aliphatic hydroxyl groups excluding tert-OH is 1. The molecule has 1 fully saturated rings. The van der Waals surface area contributed by atoms with Crippen LogP contribution in [0, 0.1) is 5.41 Å². The highest BCUT2D eigenvalue weighted by Crippen LogP contribution is 2.40. The second-order valence-corrected chi connectivity index (χ2v) is 5.61. The summed E-state index contributed by atoms with van der Waals surface area (Å²) in [7, 11) is 0. The lowest BCUT2D eigenvalue weighted by Gasteiger charge is -2.28. The van der Waals surface area contributed by atoms with Crippen molar-refractivity contribution in [3.05, 3.63) is 29.8 Å². The molecule has 1 aliphatic rings. The van der Waals surface area contributed by atoms with E-state index in [1.165, 1.54) is 24.9 Å². The molecule has 0 saturated carbocycles. The Morgan fingerprint density at radius 3 is 2.50 bits per heavy atom. The van der Waals surface area contributed by atoms with Crippen LogP contribution < -0.4 is 4.90 Å². The lowest BCUT2D eigenvalue weighted by atomic mass is 9.82. The summed E-state index contributed by atoms with van der Waals surface area (Å²) < 4.78 is 0. The molecule has 2 heteroatoms. The molecule has 1 aromatic rings. The second kappa shape index (κ2) is 5.31. The highest BCUT2D eigenvalue weighted by atomic mass is 16.3. The maximum atomic E-state index is 9.88. The van der Waals surface area contributed by atoms with Crippen molar-refractivity contribution in [2.45, 2.75) is 46.1 Å². The van der Waals surface area contributed by atoms with Crippen LogP contribution in [0.2, 0.25) is 0 Å². The van der Waals surface area contributed by atoms with Gasteiger partial charge in [-0.25, -0.2) is 0 Å². The largest absolute Gasteiger partial charge is 0.389 e. The zero-order chi connectivity index (χ0) is 13.2. The third kappa shape index (κ3) is 2.39. The van der Waals surface area contributed by atoms with Crippen LogP contribution in [0.1, 0.15) is 51.7 Å². The van der Waals surface area contributed by atoms with Crippen molar-refractivity contribution in [2.24, 2.45) is 5.41 Å². The summed E-state index contributed by atoms with van der Waals surface area (Å²) in [5, 5.41) is 9.88. The quantitative estimate of drug-likeness (QED) is 0.875. The van der Waals surface area contributed by atoms with E-state index in [2.05, 4.69) is 30.9 Å². The molecular weight excluding hydrogens is 222 g/mol. The van der Waals surface area contributed by atoms with Crippen LogP contribution in [0.3, 0.4) is 0 Å². The van der Waals surface area contributed by atoms with Gasteiger partial charge in [-0.1, -0.05) is 32.0 Å². The fourth-order valence-electron chi connectivity index (χ4n) is 3.10. The summed E-state index contributed by atoms with van der Waals surface area (Å²) in [6, 6.07) is 8.26. The van der Waals surface area contributed by atoms with Crippen LogP contribution in [-0.4, -0.2) is 18.2 Å². The predicted octanol–water partition coefficient (Wildman–Crippen LogP) is 3.76. The van der Waals surface area contributed by atoms with Gasteiger partial charge in [0, 0.05) is 24.3 Å². The Hall–Kier alpha value is -1.02. The van der Waals surface area contributed by atoms with Gasteiger partial charge in [-0.3, -0.25) is 0 Å². The van der Waals surface area contributed by atoms with Gasteiger partial charge in [0.25, 0.3) is 0 Å². The predicted molar refractivity (Wildman–Crippen MR) is 76.9 cm³/mol. The van der Waals surface area contributed by atoms with Crippen molar-refractivity contribution in [2.75, 3.05) is 18.0 Å². The third-order valence-electron chi connectivity index (χ3n) is 4.67. The highest BCUT2D eigenvalue weighted by Gasteiger charge is 2.35. The maximum Gasteiger partial charge on any atom is 0.0781 e. The first kappa shape index (κ1) is 13.4. The number of benzene rings is 1. The van der Waals surface area contributed by atoms with E-state index in [-0.39, 0.29) is 6.10 Å². The summed E-state index contributed by atoms with van der Waals surface area (Å²) in [5.41, 5.74) is 2.75. The van der Waals surface area contributed by atoms with E-state index < -0.39 is 0 Å². The number of anilines is 1. The van der Waals surface area contributed by atoms with E-state index >= 15 is 0 Å². The normalized spacial score (nSPS) is 20.1. The van der Waals surface area contributed by atoms with E-state index in [0.29, 0.717) is 5.41 Å². The molecule has 2 nitrogen and oxygen atoms in total. The Morgan fingerprint density at radius 2 is 1.94 bits per heavy atom. The number of rotatable bonds is 4. The molecule has 0 unspecified atom stereocenters. The van der Waals surface area contributed by atoms with Gasteiger partial charge >= 0.3 is 0 Å². The van der Waals surface area contributed by atoms with Crippen molar-refractivity contribution in [1.82, 2.24) is 0 Å². The minimum atomic E-state index is -0.389. The average Bonchev–Trinajstić information content (AvgIpc) is 2.83. The highest BCUT2D eigenvalue weighted by molar-refractivity contribution is 5.55. The number of hydrogen-bond donors (Lipinski definition) is 1. The molecule has 1 saturated heterocycles. The SMILES string of the molecule is CCC1(CC)CCN(c2ccccc2[C@@H](C)O)C1. The van der Waals surface area contributed by atoms with Gasteiger partial charge in [-0.15, -0.1) is 0 Å². The zero-order valence-electron chi connectivity index (χ0n) is 11.8. The van der Waals surface area contributed by atoms with Gasteiger partial charge in [0.1, 0.15) is 0 Å². The number of hydrogen-bond acceptors (Lipinski definition) is 2. The Kier molecular flexibility index (Phi) is 3.96. The Balaban J connectivity index is 2.24. The molecule has 1 aromatic carbocycles. The Bertz CT molecular complexity index is 396. The lowest BCUT2D eigenvalue weighted by Crippen LogP contribution is -2.27. The molecule has 0 aromatic heterocycles. The molecule has 2 rings (SSSR count). The van der Waals surface area contributed by atoms with Gasteiger partial charge in [-0.2, -0.15) is 0 Å².